The van der Waals surface area contributed by atoms with Crippen molar-refractivity contribution in [3.8, 4) is 0 Å². The molecule has 0 N–H and O–H groups in total. The highest BCUT2D eigenvalue weighted by Gasteiger charge is 2.29. The molecule has 0 saturated carbocycles. The zero-order valence-corrected chi connectivity index (χ0v) is 18.8. The molecule has 0 unspecified atom stereocenters. The van der Waals surface area contributed by atoms with Crippen LogP contribution in [-0.4, -0.2) is 25.2 Å². The molecule has 0 saturated heterocycles. The smallest absolute Gasteiger partial charge is 0.332 e. The van der Waals surface area contributed by atoms with E-state index in [0.717, 1.165) is 18.1 Å². The summed E-state index contributed by atoms with van der Waals surface area (Å²) in [4.78, 5) is 33.6. The summed E-state index contributed by atoms with van der Waals surface area (Å²) in [5.41, 5.74) is 2.03. The number of benzene rings is 2. The number of imidazole rings is 1. The van der Waals surface area contributed by atoms with Crippen molar-refractivity contribution in [2.24, 2.45) is 13.0 Å². The number of rotatable bonds is 4. The third kappa shape index (κ3) is 3.42. The van der Waals surface area contributed by atoms with E-state index in [4.69, 9.17) is 16.6 Å². The number of aromatic nitrogens is 4. The van der Waals surface area contributed by atoms with Crippen LogP contribution in [0.2, 0.25) is 5.02 Å². The monoisotopic (exact) mass is 449 g/mol. The molecule has 0 aliphatic carbocycles. The first kappa shape index (κ1) is 20.6. The molecule has 0 amide bonds. The van der Waals surface area contributed by atoms with Crippen molar-refractivity contribution >= 4 is 28.7 Å². The van der Waals surface area contributed by atoms with Crippen LogP contribution in [0.1, 0.15) is 18.1 Å². The van der Waals surface area contributed by atoms with Gasteiger partial charge in [-0.1, -0.05) is 67.1 Å². The van der Waals surface area contributed by atoms with Gasteiger partial charge in [-0.2, -0.15) is 4.98 Å². The lowest BCUT2D eigenvalue weighted by Gasteiger charge is -2.33. The Labute approximate surface area is 190 Å². The van der Waals surface area contributed by atoms with Crippen molar-refractivity contribution in [1.29, 1.82) is 0 Å². The fourth-order valence-corrected chi connectivity index (χ4v) is 4.67. The molecule has 7 nitrogen and oxygen atoms in total. The number of halogens is 1. The van der Waals surface area contributed by atoms with Gasteiger partial charge in [0, 0.05) is 31.7 Å². The molecule has 1 aliphatic rings. The Kier molecular flexibility index (Phi) is 5.13. The fraction of sp³-hybridized carbons (Fsp3) is 0.292. The average Bonchev–Trinajstić information content (AvgIpc) is 3.17. The van der Waals surface area contributed by atoms with Crippen molar-refractivity contribution in [2.75, 3.05) is 11.4 Å². The van der Waals surface area contributed by atoms with Crippen LogP contribution in [0.5, 0.6) is 0 Å². The van der Waals surface area contributed by atoms with Gasteiger partial charge < -0.3 is 9.47 Å². The first-order chi connectivity index (χ1) is 15.4. The van der Waals surface area contributed by atoms with Crippen molar-refractivity contribution < 1.29 is 0 Å². The van der Waals surface area contributed by atoms with E-state index >= 15 is 0 Å². The molecule has 0 fully saturated rings. The molecular weight excluding hydrogens is 426 g/mol. The lowest BCUT2D eigenvalue weighted by atomic mass is 10.1. The maximum absolute atomic E-state index is 13.5. The van der Waals surface area contributed by atoms with Gasteiger partial charge in [-0.15, -0.1) is 0 Å². The van der Waals surface area contributed by atoms with Gasteiger partial charge in [0.2, 0.25) is 5.95 Å². The summed E-state index contributed by atoms with van der Waals surface area (Å²) >= 11 is 6.30. The second-order valence-corrected chi connectivity index (χ2v) is 8.90. The van der Waals surface area contributed by atoms with Crippen molar-refractivity contribution in [3.05, 3.63) is 91.6 Å². The van der Waals surface area contributed by atoms with E-state index in [-0.39, 0.29) is 12.1 Å². The van der Waals surface area contributed by atoms with E-state index in [1.165, 1.54) is 14.7 Å². The zero-order valence-electron chi connectivity index (χ0n) is 18.0. The van der Waals surface area contributed by atoms with Crippen molar-refractivity contribution in [2.45, 2.75) is 26.6 Å². The summed E-state index contributed by atoms with van der Waals surface area (Å²) in [6.07, 6.45) is 0. The summed E-state index contributed by atoms with van der Waals surface area (Å²) in [5.74, 6) is 1.06. The molecule has 0 bridgehead atoms. The molecule has 32 heavy (non-hydrogen) atoms. The Morgan fingerprint density at radius 1 is 1.00 bits per heavy atom. The van der Waals surface area contributed by atoms with Crippen LogP contribution in [0.25, 0.3) is 11.2 Å². The Morgan fingerprint density at radius 3 is 2.47 bits per heavy atom. The molecule has 1 aliphatic heterocycles. The van der Waals surface area contributed by atoms with Crippen LogP contribution in [0.15, 0.2) is 64.2 Å². The molecule has 2 aromatic carbocycles. The number of fused-ring (bicyclic) bond motifs is 3. The maximum atomic E-state index is 13.5. The number of nitrogens with zero attached hydrogens (tertiary/aromatic N) is 5. The van der Waals surface area contributed by atoms with Crippen LogP contribution >= 0.6 is 11.6 Å². The number of anilines is 1. The Hall–Kier alpha value is -3.32. The van der Waals surface area contributed by atoms with Gasteiger partial charge in [0.25, 0.3) is 5.56 Å². The second kappa shape index (κ2) is 7.98. The minimum absolute atomic E-state index is 0.116. The van der Waals surface area contributed by atoms with Gasteiger partial charge in [-0.25, -0.2) is 4.79 Å². The highest BCUT2D eigenvalue weighted by atomic mass is 35.5. The second-order valence-electron chi connectivity index (χ2n) is 8.49. The summed E-state index contributed by atoms with van der Waals surface area (Å²) in [6.45, 7) is 4.48. The molecule has 0 radical (unpaired) electrons. The highest BCUT2D eigenvalue weighted by molar-refractivity contribution is 6.31. The molecular formula is C24H24ClN5O2. The molecule has 5 rings (SSSR count). The van der Waals surface area contributed by atoms with E-state index in [2.05, 4.69) is 24.0 Å². The lowest BCUT2D eigenvalue weighted by molar-refractivity contribution is 0.435. The standard InChI is InChI=1S/C24H24ClN5O2/c1-16-12-28(14-17-8-4-3-5-9-17)23-26-21-20(29(23)13-16)22(31)30(24(32)27(21)2)15-18-10-6-7-11-19(18)25/h3-11,16H,12-15H2,1-2H3/t16-/m0/s1. The zero-order chi connectivity index (χ0) is 22.4. The number of hydrogen-bond donors (Lipinski definition) is 0. The Morgan fingerprint density at radius 2 is 1.72 bits per heavy atom. The molecule has 164 valence electrons. The van der Waals surface area contributed by atoms with E-state index in [1.807, 2.05) is 41.0 Å². The third-order valence-electron chi connectivity index (χ3n) is 6.02. The topological polar surface area (TPSA) is 65.1 Å². The summed E-state index contributed by atoms with van der Waals surface area (Å²) < 4.78 is 4.68. The molecule has 8 heteroatoms. The maximum Gasteiger partial charge on any atom is 0.332 e. The van der Waals surface area contributed by atoms with Gasteiger partial charge in [-0.3, -0.25) is 13.9 Å². The highest BCUT2D eigenvalue weighted by Crippen LogP contribution is 2.28. The average molecular weight is 450 g/mol. The molecule has 4 aromatic rings. The summed E-state index contributed by atoms with van der Waals surface area (Å²) in [7, 11) is 1.66. The lowest BCUT2D eigenvalue weighted by Crippen LogP contribution is -2.41. The van der Waals surface area contributed by atoms with Crippen LogP contribution in [-0.2, 0) is 26.7 Å². The van der Waals surface area contributed by atoms with Gasteiger partial charge in [0.15, 0.2) is 11.2 Å². The Bertz CT molecular complexity index is 1420. The van der Waals surface area contributed by atoms with Crippen LogP contribution in [0.3, 0.4) is 0 Å². The molecule has 2 aromatic heterocycles. The quantitative estimate of drug-likeness (QED) is 0.479. The molecule has 1 atom stereocenters. The Balaban J connectivity index is 1.67. The predicted molar refractivity (Wildman–Crippen MR) is 126 cm³/mol. The molecule has 0 spiro atoms. The van der Waals surface area contributed by atoms with E-state index in [1.54, 1.807) is 13.1 Å². The first-order valence-corrected chi connectivity index (χ1v) is 11.0. The summed E-state index contributed by atoms with van der Waals surface area (Å²) in [5, 5.41) is 0.527. The van der Waals surface area contributed by atoms with Crippen molar-refractivity contribution in [1.82, 2.24) is 18.7 Å². The van der Waals surface area contributed by atoms with Gasteiger partial charge in [0.1, 0.15) is 0 Å². The van der Waals surface area contributed by atoms with Crippen LogP contribution in [0, 0.1) is 5.92 Å². The van der Waals surface area contributed by atoms with Crippen LogP contribution < -0.4 is 16.1 Å². The minimum Gasteiger partial charge on any atom is -0.338 e. The van der Waals surface area contributed by atoms with E-state index in [9.17, 15) is 9.59 Å². The molecule has 3 heterocycles. The van der Waals surface area contributed by atoms with Gasteiger partial charge in [-0.05, 0) is 23.1 Å². The fourth-order valence-electron chi connectivity index (χ4n) is 4.48. The SMILES string of the molecule is C[C@H]1CN(Cc2ccccc2)c2nc3c(c(=O)n(Cc4ccccc4Cl)c(=O)n3C)n2C1. The minimum atomic E-state index is -0.402. The van der Waals surface area contributed by atoms with E-state index in [0.29, 0.717) is 35.2 Å². The van der Waals surface area contributed by atoms with Crippen LogP contribution in [0.4, 0.5) is 5.95 Å². The van der Waals surface area contributed by atoms with Gasteiger partial charge >= 0.3 is 5.69 Å². The largest absolute Gasteiger partial charge is 0.338 e. The van der Waals surface area contributed by atoms with Crippen molar-refractivity contribution in [3.63, 3.8) is 0 Å². The number of aryl methyl sites for hydroxylation is 1. The number of hydrogen-bond acceptors (Lipinski definition) is 4. The van der Waals surface area contributed by atoms with E-state index < -0.39 is 5.69 Å². The third-order valence-corrected chi connectivity index (χ3v) is 6.39. The van der Waals surface area contributed by atoms with Gasteiger partial charge in [0.05, 0.1) is 6.54 Å². The normalized spacial score (nSPS) is 15.8. The first-order valence-electron chi connectivity index (χ1n) is 10.7. The predicted octanol–water partition coefficient (Wildman–Crippen LogP) is 3.25. The summed E-state index contributed by atoms with van der Waals surface area (Å²) in [6, 6.07) is 17.4.